The van der Waals surface area contributed by atoms with Gasteiger partial charge in [-0.2, -0.15) is 0 Å². The van der Waals surface area contributed by atoms with Crippen LogP contribution in [-0.4, -0.2) is 23.1 Å². The Hall–Kier alpha value is -2.43. The van der Waals surface area contributed by atoms with Crippen molar-refractivity contribution in [1.82, 2.24) is 4.98 Å². The molecule has 0 amide bonds. The van der Waals surface area contributed by atoms with Crippen LogP contribution < -0.4 is 4.90 Å². The standard InChI is InChI=1S/C15H15FN2O2/c1-10-4-3-5-11(6-10)9-18(2)14-13(15(19)20)7-12(16)8-17-14/h3-8H,9H2,1-2H3,(H,19,20). The van der Waals surface area contributed by atoms with Gasteiger partial charge in [-0.15, -0.1) is 0 Å². The first-order valence-corrected chi connectivity index (χ1v) is 6.13. The normalized spacial score (nSPS) is 10.3. The molecular weight excluding hydrogens is 259 g/mol. The van der Waals surface area contributed by atoms with E-state index in [4.69, 9.17) is 5.11 Å². The van der Waals surface area contributed by atoms with E-state index in [0.29, 0.717) is 6.54 Å². The smallest absolute Gasteiger partial charge is 0.339 e. The zero-order valence-electron chi connectivity index (χ0n) is 11.3. The molecular formula is C15H15FN2O2. The second-order valence-corrected chi connectivity index (χ2v) is 4.67. The van der Waals surface area contributed by atoms with Gasteiger partial charge in [-0.1, -0.05) is 29.8 Å². The Morgan fingerprint density at radius 2 is 2.15 bits per heavy atom. The number of benzene rings is 1. The molecule has 0 aliphatic heterocycles. The molecule has 0 atom stereocenters. The number of hydrogen-bond donors (Lipinski definition) is 1. The molecule has 5 heteroatoms. The molecule has 0 aliphatic rings. The second-order valence-electron chi connectivity index (χ2n) is 4.67. The minimum absolute atomic E-state index is 0.139. The number of aromatic nitrogens is 1. The van der Waals surface area contributed by atoms with E-state index in [1.54, 1.807) is 11.9 Å². The predicted octanol–water partition coefficient (Wildman–Crippen LogP) is 2.86. The van der Waals surface area contributed by atoms with Crippen molar-refractivity contribution in [2.45, 2.75) is 13.5 Å². The lowest BCUT2D eigenvalue weighted by Gasteiger charge is -2.20. The molecule has 0 bridgehead atoms. The monoisotopic (exact) mass is 274 g/mol. The van der Waals surface area contributed by atoms with Gasteiger partial charge in [0, 0.05) is 13.6 Å². The van der Waals surface area contributed by atoms with Gasteiger partial charge in [-0.3, -0.25) is 0 Å². The maximum absolute atomic E-state index is 13.1. The molecule has 0 saturated carbocycles. The number of halogens is 1. The highest BCUT2D eigenvalue weighted by molar-refractivity contribution is 5.93. The summed E-state index contributed by atoms with van der Waals surface area (Å²) < 4.78 is 13.1. The molecule has 1 heterocycles. The summed E-state index contributed by atoms with van der Waals surface area (Å²) >= 11 is 0. The summed E-state index contributed by atoms with van der Waals surface area (Å²) in [6.45, 7) is 2.49. The van der Waals surface area contributed by atoms with Crippen LogP contribution in [0.5, 0.6) is 0 Å². The fourth-order valence-corrected chi connectivity index (χ4v) is 2.05. The van der Waals surface area contributed by atoms with E-state index >= 15 is 0 Å². The van der Waals surface area contributed by atoms with E-state index < -0.39 is 11.8 Å². The van der Waals surface area contributed by atoms with Gasteiger partial charge in [0.1, 0.15) is 17.2 Å². The Labute approximate surface area is 116 Å². The number of carboxylic acid groups (broad SMARTS) is 1. The molecule has 0 aliphatic carbocycles. The largest absolute Gasteiger partial charge is 0.478 e. The summed E-state index contributed by atoms with van der Waals surface area (Å²) in [6, 6.07) is 8.88. The average molecular weight is 274 g/mol. The molecule has 0 spiro atoms. The Morgan fingerprint density at radius 3 is 2.80 bits per heavy atom. The van der Waals surface area contributed by atoms with Crippen LogP contribution in [0, 0.1) is 12.7 Å². The van der Waals surface area contributed by atoms with Crippen molar-refractivity contribution in [1.29, 1.82) is 0 Å². The lowest BCUT2D eigenvalue weighted by atomic mass is 10.1. The number of nitrogens with zero attached hydrogens (tertiary/aromatic N) is 2. The number of aryl methyl sites for hydroxylation is 1. The van der Waals surface area contributed by atoms with Crippen molar-refractivity contribution >= 4 is 11.8 Å². The van der Waals surface area contributed by atoms with Crippen molar-refractivity contribution in [2.75, 3.05) is 11.9 Å². The topological polar surface area (TPSA) is 53.4 Å². The van der Waals surface area contributed by atoms with E-state index in [-0.39, 0.29) is 11.4 Å². The minimum atomic E-state index is -1.19. The Morgan fingerprint density at radius 1 is 1.40 bits per heavy atom. The number of aromatic carboxylic acids is 1. The van der Waals surface area contributed by atoms with Crippen LogP contribution in [0.4, 0.5) is 10.2 Å². The zero-order valence-corrected chi connectivity index (χ0v) is 11.3. The van der Waals surface area contributed by atoms with Crippen LogP contribution in [-0.2, 0) is 6.54 Å². The molecule has 4 nitrogen and oxygen atoms in total. The van der Waals surface area contributed by atoms with Gasteiger partial charge in [0.05, 0.1) is 6.20 Å². The third-order valence-electron chi connectivity index (χ3n) is 2.93. The molecule has 104 valence electrons. The van der Waals surface area contributed by atoms with Gasteiger partial charge >= 0.3 is 5.97 Å². The number of pyridine rings is 1. The molecule has 0 radical (unpaired) electrons. The SMILES string of the molecule is Cc1cccc(CN(C)c2ncc(F)cc2C(=O)O)c1. The van der Waals surface area contributed by atoms with Crippen LogP contribution in [0.15, 0.2) is 36.5 Å². The van der Waals surface area contributed by atoms with E-state index in [1.165, 1.54) is 0 Å². The van der Waals surface area contributed by atoms with Gasteiger partial charge in [0.2, 0.25) is 0 Å². The average Bonchev–Trinajstić information content (AvgIpc) is 2.38. The molecule has 0 unspecified atom stereocenters. The fourth-order valence-electron chi connectivity index (χ4n) is 2.05. The number of hydrogen-bond acceptors (Lipinski definition) is 3. The number of carbonyl (C=O) groups is 1. The molecule has 0 fully saturated rings. The first-order chi connectivity index (χ1) is 9.47. The summed E-state index contributed by atoms with van der Waals surface area (Å²) in [4.78, 5) is 16.7. The molecule has 2 rings (SSSR count). The zero-order chi connectivity index (χ0) is 14.7. The summed E-state index contributed by atoms with van der Waals surface area (Å²) in [5, 5.41) is 9.12. The van der Waals surface area contributed by atoms with Gasteiger partial charge in [0.25, 0.3) is 0 Å². The third kappa shape index (κ3) is 3.12. The summed E-state index contributed by atoms with van der Waals surface area (Å²) in [7, 11) is 1.73. The van der Waals surface area contributed by atoms with Crippen LogP contribution in [0.25, 0.3) is 0 Å². The lowest BCUT2D eigenvalue weighted by molar-refractivity contribution is 0.0696. The van der Waals surface area contributed by atoms with E-state index in [2.05, 4.69) is 4.98 Å². The lowest BCUT2D eigenvalue weighted by Crippen LogP contribution is -2.21. The van der Waals surface area contributed by atoms with E-state index in [0.717, 1.165) is 23.4 Å². The Kier molecular flexibility index (Phi) is 3.98. The number of anilines is 1. The van der Waals surface area contributed by atoms with Crippen LogP contribution in [0.3, 0.4) is 0 Å². The maximum Gasteiger partial charge on any atom is 0.339 e. The van der Waals surface area contributed by atoms with Crippen LogP contribution in [0.1, 0.15) is 21.5 Å². The van der Waals surface area contributed by atoms with Crippen molar-refractivity contribution < 1.29 is 14.3 Å². The molecule has 1 aromatic heterocycles. The summed E-state index contributed by atoms with van der Waals surface area (Å²) in [5.41, 5.74) is 2.02. The van der Waals surface area contributed by atoms with Gasteiger partial charge < -0.3 is 10.0 Å². The highest BCUT2D eigenvalue weighted by Gasteiger charge is 2.16. The van der Waals surface area contributed by atoms with Crippen molar-refractivity contribution in [3.05, 3.63) is 59.0 Å². The predicted molar refractivity (Wildman–Crippen MR) is 74.4 cm³/mol. The number of rotatable bonds is 4. The van der Waals surface area contributed by atoms with Gasteiger partial charge in [-0.05, 0) is 18.6 Å². The second kappa shape index (κ2) is 5.69. The van der Waals surface area contributed by atoms with Gasteiger partial charge in [-0.25, -0.2) is 14.2 Å². The van der Waals surface area contributed by atoms with Crippen molar-refractivity contribution in [2.24, 2.45) is 0 Å². The molecule has 1 aromatic carbocycles. The molecule has 1 N–H and O–H groups in total. The van der Waals surface area contributed by atoms with Gasteiger partial charge in [0.15, 0.2) is 0 Å². The molecule has 2 aromatic rings. The van der Waals surface area contributed by atoms with Crippen LogP contribution in [0.2, 0.25) is 0 Å². The van der Waals surface area contributed by atoms with Crippen LogP contribution >= 0.6 is 0 Å². The first kappa shape index (κ1) is 14.0. The highest BCUT2D eigenvalue weighted by Crippen LogP contribution is 2.19. The maximum atomic E-state index is 13.1. The first-order valence-electron chi connectivity index (χ1n) is 6.13. The molecule has 0 saturated heterocycles. The Bertz CT molecular complexity index is 644. The van der Waals surface area contributed by atoms with Crippen molar-refractivity contribution in [3.8, 4) is 0 Å². The Balaban J connectivity index is 2.29. The summed E-state index contributed by atoms with van der Waals surface area (Å²) in [5.74, 6) is -1.60. The van der Waals surface area contributed by atoms with E-state index in [1.807, 2.05) is 31.2 Å². The molecule has 20 heavy (non-hydrogen) atoms. The van der Waals surface area contributed by atoms with E-state index in [9.17, 15) is 9.18 Å². The number of carboxylic acids is 1. The summed E-state index contributed by atoms with van der Waals surface area (Å²) in [6.07, 6.45) is 1.02. The van der Waals surface area contributed by atoms with Crippen molar-refractivity contribution in [3.63, 3.8) is 0 Å². The fraction of sp³-hybridized carbons (Fsp3) is 0.200. The quantitative estimate of drug-likeness (QED) is 0.931. The highest BCUT2D eigenvalue weighted by atomic mass is 19.1. The third-order valence-corrected chi connectivity index (χ3v) is 2.93. The minimum Gasteiger partial charge on any atom is -0.478 e.